The van der Waals surface area contributed by atoms with Crippen LogP contribution in [0.3, 0.4) is 0 Å². The van der Waals surface area contributed by atoms with E-state index in [0.29, 0.717) is 5.75 Å². The lowest BCUT2D eigenvalue weighted by molar-refractivity contribution is 0.480. The van der Waals surface area contributed by atoms with Crippen molar-refractivity contribution in [1.29, 1.82) is 0 Å². The molecule has 0 unspecified atom stereocenters. The van der Waals surface area contributed by atoms with Gasteiger partial charge in [0.1, 0.15) is 5.75 Å². The van der Waals surface area contributed by atoms with Crippen LogP contribution >= 0.6 is 0 Å². The highest BCUT2D eigenvalue weighted by molar-refractivity contribution is 6.09. The summed E-state index contributed by atoms with van der Waals surface area (Å²) < 4.78 is 0. The summed E-state index contributed by atoms with van der Waals surface area (Å²) in [5, 5.41) is 13.2. The summed E-state index contributed by atoms with van der Waals surface area (Å²) in [5.41, 5.74) is 12.2. The average Bonchev–Trinajstić information content (AvgIpc) is 3.33. The topological polar surface area (TPSA) is 20.2 Å². The van der Waals surface area contributed by atoms with Crippen LogP contribution in [0.15, 0.2) is 103 Å². The van der Waals surface area contributed by atoms with Crippen LogP contribution in [0.2, 0.25) is 0 Å². The summed E-state index contributed by atoms with van der Waals surface area (Å²) in [6.07, 6.45) is 8.69. The molecule has 0 heterocycles. The van der Waals surface area contributed by atoms with E-state index in [4.69, 9.17) is 0 Å². The van der Waals surface area contributed by atoms with Crippen LogP contribution < -0.4 is 0 Å². The molecule has 0 atom stereocenters. The Morgan fingerprint density at radius 1 is 0.500 bits per heavy atom. The molecule has 0 aliphatic heterocycles. The fourth-order valence-corrected chi connectivity index (χ4v) is 6.76. The van der Waals surface area contributed by atoms with E-state index in [1.807, 2.05) is 18.2 Å². The van der Waals surface area contributed by atoms with Gasteiger partial charge in [-0.3, -0.25) is 0 Å². The number of allylic oxidation sites excluding steroid dienone is 2. The summed E-state index contributed by atoms with van der Waals surface area (Å²) in [4.78, 5) is 0. The first-order valence-electron chi connectivity index (χ1n) is 11.8. The minimum Gasteiger partial charge on any atom is -0.507 e. The third kappa shape index (κ3) is 1.94. The Morgan fingerprint density at radius 2 is 1.09 bits per heavy atom. The number of phenolic OH excluding ortho intramolecular Hbond substituents is 1. The molecule has 3 aliphatic carbocycles. The minimum atomic E-state index is -0.462. The molecule has 0 aromatic heterocycles. The van der Waals surface area contributed by atoms with Crippen LogP contribution in [-0.4, -0.2) is 5.11 Å². The van der Waals surface area contributed by atoms with Crippen molar-refractivity contribution in [3.63, 3.8) is 0 Å². The van der Waals surface area contributed by atoms with Gasteiger partial charge < -0.3 is 5.11 Å². The maximum Gasteiger partial charge on any atom is 0.123 e. The number of hydrogen-bond acceptors (Lipinski definition) is 1. The fourth-order valence-electron chi connectivity index (χ4n) is 6.76. The van der Waals surface area contributed by atoms with E-state index in [1.165, 1.54) is 55.6 Å². The highest BCUT2D eigenvalue weighted by atomic mass is 16.3. The Kier molecular flexibility index (Phi) is 3.28. The summed E-state index contributed by atoms with van der Waals surface area (Å²) in [6, 6.07) is 32.4. The third-order valence-electron chi connectivity index (χ3n) is 7.94. The molecule has 0 amide bonds. The molecule has 34 heavy (non-hydrogen) atoms. The Balaban J connectivity index is 1.66. The van der Waals surface area contributed by atoms with Crippen molar-refractivity contribution < 1.29 is 5.11 Å². The van der Waals surface area contributed by atoms with Crippen molar-refractivity contribution in [2.45, 2.75) is 5.41 Å². The zero-order chi connectivity index (χ0) is 22.4. The quantitative estimate of drug-likeness (QED) is 0.258. The van der Waals surface area contributed by atoms with Gasteiger partial charge in [-0.2, -0.15) is 0 Å². The number of phenols is 1. The van der Waals surface area contributed by atoms with Gasteiger partial charge >= 0.3 is 0 Å². The van der Waals surface area contributed by atoms with Crippen LogP contribution in [0, 0.1) is 0 Å². The first-order valence-corrected chi connectivity index (χ1v) is 11.8. The first-order chi connectivity index (χ1) is 16.8. The van der Waals surface area contributed by atoms with Gasteiger partial charge in [0, 0.05) is 5.39 Å². The summed E-state index contributed by atoms with van der Waals surface area (Å²) in [7, 11) is 0. The van der Waals surface area contributed by atoms with E-state index >= 15 is 0 Å². The van der Waals surface area contributed by atoms with Gasteiger partial charge in [-0.15, -0.1) is 0 Å². The van der Waals surface area contributed by atoms with Crippen molar-refractivity contribution in [2.24, 2.45) is 0 Å². The largest absolute Gasteiger partial charge is 0.507 e. The van der Waals surface area contributed by atoms with Crippen LogP contribution in [0.1, 0.15) is 33.4 Å². The molecule has 3 aliphatic rings. The Hall–Kier alpha value is -4.36. The maximum atomic E-state index is 11.2. The number of fused-ring (bicyclic) bond motifs is 9. The molecule has 1 N–H and O–H groups in total. The lowest BCUT2D eigenvalue weighted by Gasteiger charge is -2.30. The summed E-state index contributed by atoms with van der Waals surface area (Å²) >= 11 is 0. The average molecular weight is 433 g/mol. The van der Waals surface area contributed by atoms with Gasteiger partial charge in [-0.25, -0.2) is 0 Å². The van der Waals surface area contributed by atoms with Crippen molar-refractivity contribution in [1.82, 2.24) is 0 Å². The fraction of sp³-hybridized carbons (Fsp3) is 0.0303. The second kappa shape index (κ2) is 6.15. The monoisotopic (exact) mass is 432 g/mol. The molecule has 5 aromatic carbocycles. The third-order valence-corrected chi connectivity index (χ3v) is 7.94. The molecule has 0 fully saturated rings. The normalized spacial score (nSPS) is 18.0. The molecule has 1 nitrogen and oxygen atoms in total. The zero-order valence-electron chi connectivity index (χ0n) is 18.4. The zero-order valence-corrected chi connectivity index (χ0v) is 18.4. The molecule has 1 spiro atoms. The van der Waals surface area contributed by atoms with E-state index < -0.39 is 5.41 Å². The van der Waals surface area contributed by atoms with E-state index in [1.54, 1.807) is 0 Å². The second-order valence-corrected chi connectivity index (χ2v) is 9.42. The predicted molar refractivity (Wildman–Crippen MR) is 140 cm³/mol. The SMILES string of the molecule is Oc1cc2c(c3ccccc13)-c1ccccc1C21c2cccc3c2-c2c(cccc21)C=CC=C3. The number of hydrogen-bond donors (Lipinski definition) is 1. The van der Waals surface area contributed by atoms with Gasteiger partial charge in [-0.1, -0.05) is 109 Å². The lowest BCUT2D eigenvalue weighted by Crippen LogP contribution is -2.25. The van der Waals surface area contributed by atoms with Crippen LogP contribution in [0.4, 0.5) is 0 Å². The van der Waals surface area contributed by atoms with Crippen LogP contribution in [-0.2, 0) is 5.41 Å². The van der Waals surface area contributed by atoms with Gasteiger partial charge in [-0.05, 0) is 67.1 Å². The van der Waals surface area contributed by atoms with Gasteiger partial charge in [0.05, 0.1) is 5.41 Å². The first kappa shape index (κ1) is 18.1. The van der Waals surface area contributed by atoms with Crippen molar-refractivity contribution in [2.75, 3.05) is 0 Å². The Morgan fingerprint density at radius 3 is 1.79 bits per heavy atom. The number of benzene rings is 5. The minimum absolute atomic E-state index is 0.341. The molecule has 158 valence electrons. The molecular weight excluding hydrogens is 412 g/mol. The highest BCUT2D eigenvalue weighted by Gasteiger charge is 2.53. The smallest absolute Gasteiger partial charge is 0.123 e. The van der Waals surface area contributed by atoms with E-state index in [-0.39, 0.29) is 0 Å². The predicted octanol–water partition coefficient (Wildman–Crippen LogP) is 7.93. The standard InChI is InChI=1S/C33H20O/c34-29-19-28-32(23-14-4-3-13-22(23)29)24-15-5-6-16-25(24)33(28)26-17-7-11-20-9-1-2-10-21-12-8-18-27(33)31(21)30(20)26/h1-19,34H. The molecule has 0 bridgehead atoms. The molecular formula is C33H20O. The summed E-state index contributed by atoms with van der Waals surface area (Å²) in [5.74, 6) is 0.341. The maximum absolute atomic E-state index is 11.2. The highest BCUT2D eigenvalue weighted by Crippen LogP contribution is 2.65. The van der Waals surface area contributed by atoms with Crippen molar-refractivity contribution in [3.8, 4) is 28.0 Å². The summed E-state index contributed by atoms with van der Waals surface area (Å²) in [6.45, 7) is 0. The number of rotatable bonds is 0. The Labute approximate surface area is 198 Å². The number of aromatic hydroxyl groups is 1. The van der Waals surface area contributed by atoms with Crippen LogP contribution in [0.5, 0.6) is 5.75 Å². The molecule has 0 saturated carbocycles. The Bertz CT molecular complexity index is 1700. The van der Waals surface area contributed by atoms with Gasteiger partial charge in [0.25, 0.3) is 0 Å². The van der Waals surface area contributed by atoms with Gasteiger partial charge in [0.15, 0.2) is 0 Å². The molecule has 0 saturated heterocycles. The second-order valence-electron chi connectivity index (χ2n) is 9.42. The van der Waals surface area contributed by atoms with Gasteiger partial charge in [0.2, 0.25) is 0 Å². The molecule has 1 heteroatoms. The van der Waals surface area contributed by atoms with E-state index in [2.05, 4.69) is 97.1 Å². The lowest BCUT2D eigenvalue weighted by atomic mass is 9.70. The van der Waals surface area contributed by atoms with Crippen LogP contribution in [0.25, 0.3) is 45.2 Å². The molecule has 5 aromatic rings. The van der Waals surface area contributed by atoms with Crippen molar-refractivity contribution >= 4 is 22.9 Å². The van der Waals surface area contributed by atoms with Crippen molar-refractivity contribution in [3.05, 3.63) is 137 Å². The van der Waals surface area contributed by atoms with E-state index in [9.17, 15) is 5.11 Å². The molecule has 8 rings (SSSR count). The molecule has 0 radical (unpaired) electrons. The van der Waals surface area contributed by atoms with E-state index in [0.717, 1.165) is 10.8 Å².